The number of carbonyl (C=O) groups is 1. The maximum absolute atomic E-state index is 11.9. The summed E-state index contributed by atoms with van der Waals surface area (Å²) in [5.41, 5.74) is 0.109. The van der Waals surface area contributed by atoms with Crippen LogP contribution in [0.25, 0.3) is 0 Å². The summed E-state index contributed by atoms with van der Waals surface area (Å²) in [5.74, 6) is -0.162. The van der Waals surface area contributed by atoms with Gasteiger partial charge < -0.3 is 9.84 Å². The second-order valence-corrected chi connectivity index (χ2v) is 3.52. The van der Waals surface area contributed by atoms with E-state index in [-0.39, 0.29) is 17.1 Å². The number of nitrogens with zero attached hydrogens (tertiary/aromatic N) is 3. The quantitative estimate of drug-likeness (QED) is 0.837. The van der Waals surface area contributed by atoms with Crippen LogP contribution in [0.4, 0.5) is 5.95 Å². The number of rotatable bonds is 3. The molecule has 1 aromatic heterocycles. The molecule has 2 N–H and O–H groups in total. The van der Waals surface area contributed by atoms with Gasteiger partial charge in [0.1, 0.15) is 6.33 Å². The minimum atomic E-state index is -0.484. The van der Waals surface area contributed by atoms with Crippen molar-refractivity contribution < 1.29 is 14.6 Å². The number of hydrogen-bond donors (Lipinski definition) is 2. The van der Waals surface area contributed by atoms with Crippen LogP contribution in [0.3, 0.4) is 0 Å². The van der Waals surface area contributed by atoms with Crippen molar-refractivity contribution >= 4 is 11.9 Å². The third-order valence-corrected chi connectivity index (χ3v) is 2.40. The van der Waals surface area contributed by atoms with Gasteiger partial charge in [0.25, 0.3) is 5.91 Å². The summed E-state index contributed by atoms with van der Waals surface area (Å²) < 4.78 is 6.34. The molecule has 0 aliphatic rings. The summed E-state index contributed by atoms with van der Waals surface area (Å²) in [5, 5.41) is 16.2. The summed E-state index contributed by atoms with van der Waals surface area (Å²) in [6.07, 6.45) is 1.32. The highest BCUT2D eigenvalue weighted by molar-refractivity contribution is 6.05. The number of aryl methyl sites for hydroxylation is 1. The molecule has 0 radical (unpaired) electrons. The number of anilines is 1. The molecule has 0 fully saturated rings. The first kappa shape index (κ1) is 11.9. The van der Waals surface area contributed by atoms with Gasteiger partial charge in [0.2, 0.25) is 5.95 Å². The van der Waals surface area contributed by atoms with Crippen molar-refractivity contribution in [3.8, 4) is 11.5 Å². The van der Waals surface area contributed by atoms with Gasteiger partial charge in [0.15, 0.2) is 11.5 Å². The minimum Gasteiger partial charge on any atom is -0.504 e. The fourth-order valence-electron chi connectivity index (χ4n) is 1.45. The largest absolute Gasteiger partial charge is 0.504 e. The first-order valence-electron chi connectivity index (χ1n) is 5.14. The lowest BCUT2D eigenvalue weighted by atomic mass is 10.1. The van der Waals surface area contributed by atoms with E-state index in [1.165, 1.54) is 24.2 Å². The maximum atomic E-state index is 11.9. The highest BCUT2D eigenvalue weighted by Crippen LogP contribution is 2.29. The van der Waals surface area contributed by atoms with Crippen LogP contribution in [-0.2, 0) is 7.05 Å². The number of benzene rings is 1. The van der Waals surface area contributed by atoms with Crippen molar-refractivity contribution in [1.82, 2.24) is 14.8 Å². The maximum Gasteiger partial charge on any atom is 0.261 e. The van der Waals surface area contributed by atoms with Crippen molar-refractivity contribution in [2.24, 2.45) is 7.05 Å². The number of methoxy groups -OCH3 is 1. The van der Waals surface area contributed by atoms with Gasteiger partial charge in [-0.15, -0.1) is 0 Å². The van der Waals surface area contributed by atoms with Crippen LogP contribution in [0.15, 0.2) is 24.5 Å². The Balaban J connectivity index is 2.27. The van der Waals surface area contributed by atoms with Crippen molar-refractivity contribution in [1.29, 1.82) is 0 Å². The molecule has 1 heterocycles. The van der Waals surface area contributed by atoms with Crippen LogP contribution in [0, 0.1) is 0 Å². The Labute approximate surface area is 103 Å². The Bertz CT molecular complexity index is 579. The summed E-state index contributed by atoms with van der Waals surface area (Å²) in [4.78, 5) is 15.8. The van der Waals surface area contributed by atoms with E-state index in [1.807, 2.05) is 0 Å². The van der Waals surface area contributed by atoms with Gasteiger partial charge in [-0.1, -0.05) is 6.07 Å². The van der Waals surface area contributed by atoms with Crippen molar-refractivity contribution in [3.05, 3.63) is 30.1 Å². The highest BCUT2D eigenvalue weighted by Gasteiger charge is 2.16. The number of ether oxygens (including phenoxy) is 1. The van der Waals surface area contributed by atoms with E-state index in [9.17, 15) is 9.90 Å². The van der Waals surface area contributed by atoms with E-state index in [0.29, 0.717) is 5.95 Å². The fourth-order valence-corrected chi connectivity index (χ4v) is 1.45. The van der Waals surface area contributed by atoms with E-state index < -0.39 is 5.91 Å². The highest BCUT2D eigenvalue weighted by atomic mass is 16.5. The molecule has 0 atom stereocenters. The predicted molar refractivity (Wildman–Crippen MR) is 63.6 cm³/mol. The molecule has 7 nitrogen and oxygen atoms in total. The molecule has 18 heavy (non-hydrogen) atoms. The number of phenols is 1. The van der Waals surface area contributed by atoms with Crippen LogP contribution in [0.1, 0.15) is 10.4 Å². The SMILES string of the molecule is COc1cccc(C(=O)Nc2ncnn2C)c1O. The lowest BCUT2D eigenvalue weighted by Gasteiger charge is -2.08. The molecule has 0 saturated carbocycles. The minimum absolute atomic E-state index is 0.109. The van der Waals surface area contributed by atoms with Crippen LogP contribution in [-0.4, -0.2) is 32.9 Å². The molecule has 7 heteroatoms. The molecule has 0 aliphatic heterocycles. The predicted octanol–water partition coefficient (Wildman–Crippen LogP) is 0.782. The van der Waals surface area contributed by atoms with E-state index in [4.69, 9.17) is 4.74 Å². The van der Waals surface area contributed by atoms with E-state index in [2.05, 4.69) is 15.4 Å². The monoisotopic (exact) mass is 248 g/mol. The number of hydrogen-bond acceptors (Lipinski definition) is 5. The Morgan fingerprint density at radius 3 is 2.89 bits per heavy atom. The van der Waals surface area contributed by atoms with Gasteiger partial charge in [0, 0.05) is 7.05 Å². The van der Waals surface area contributed by atoms with Gasteiger partial charge in [-0.25, -0.2) is 4.68 Å². The number of para-hydroxylation sites is 1. The molecule has 2 aromatic rings. The average molecular weight is 248 g/mol. The van der Waals surface area contributed by atoms with Crippen LogP contribution in [0.5, 0.6) is 11.5 Å². The van der Waals surface area contributed by atoms with Gasteiger partial charge in [-0.05, 0) is 12.1 Å². The molecule has 0 aliphatic carbocycles. The van der Waals surface area contributed by atoms with Gasteiger partial charge in [0.05, 0.1) is 12.7 Å². The number of carbonyl (C=O) groups excluding carboxylic acids is 1. The zero-order valence-corrected chi connectivity index (χ0v) is 9.91. The number of phenolic OH excluding ortho intramolecular Hbond substituents is 1. The second kappa shape index (κ2) is 4.74. The first-order valence-corrected chi connectivity index (χ1v) is 5.14. The van der Waals surface area contributed by atoms with Gasteiger partial charge in [-0.2, -0.15) is 10.1 Å². The number of amides is 1. The van der Waals surface area contributed by atoms with Crippen LogP contribution in [0.2, 0.25) is 0 Å². The smallest absolute Gasteiger partial charge is 0.261 e. The second-order valence-electron chi connectivity index (χ2n) is 3.52. The molecule has 0 unspecified atom stereocenters. The van der Waals surface area contributed by atoms with Crippen LogP contribution >= 0.6 is 0 Å². The number of nitrogens with one attached hydrogen (secondary N) is 1. The molecular weight excluding hydrogens is 236 g/mol. The lowest BCUT2D eigenvalue weighted by molar-refractivity contribution is 0.102. The Hall–Kier alpha value is -2.57. The normalized spacial score (nSPS) is 10.1. The van der Waals surface area contributed by atoms with E-state index in [0.717, 1.165) is 0 Å². The Kier molecular flexibility index (Phi) is 3.13. The first-order chi connectivity index (χ1) is 8.63. The van der Waals surface area contributed by atoms with E-state index >= 15 is 0 Å². The van der Waals surface area contributed by atoms with Crippen LogP contribution < -0.4 is 10.1 Å². The summed E-state index contributed by atoms with van der Waals surface area (Å²) in [6, 6.07) is 4.67. The molecule has 0 spiro atoms. The molecule has 0 saturated heterocycles. The average Bonchev–Trinajstić information content (AvgIpc) is 2.75. The number of aromatic hydroxyl groups is 1. The summed E-state index contributed by atoms with van der Waals surface area (Å²) in [7, 11) is 3.06. The molecular formula is C11H12N4O3. The van der Waals surface area contributed by atoms with Crippen molar-refractivity contribution in [2.75, 3.05) is 12.4 Å². The number of aromatic nitrogens is 3. The third-order valence-electron chi connectivity index (χ3n) is 2.40. The Morgan fingerprint density at radius 1 is 1.50 bits per heavy atom. The molecule has 94 valence electrons. The van der Waals surface area contributed by atoms with Gasteiger partial charge in [-0.3, -0.25) is 10.1 Å². The topological polar surface area (TPSA) is 89.3 Å². The van der Waals surface area contributed by atoms with Crippen molar-refractivity contribution in [2.45, 2.75) is 0 Å². The Morgan fingerprint density at radius 2 is 2.28 bits per heavy atom. The van der Waals surface area contributed by atoms with Crippen molar-refractivity contribution in [3.63, 3.8) is 0 Å². The summed E-state index contributed by atoms with van der Waals surface area (Å²) >= 11 is 0. The molecule has 1 amide bonds. The standard InChI is InChI=1S/C11H12N4O3/c1-15-11(12-6-13-15)14-10(17)7-4-3-5-8(18-2)9(7)16/h3-6,16H,1-2H3,(H,12,13,14,17). The molecule has 0 bridgehead atoms. The zero-order valence-electron chi connectivity index (χ0n) is 9.91. The fraction of sp³-hybridized carbons (Fsp3) is 0.182. The molecule has 2 rings (SSSR count). The summed E-state index contributed by atoms with van der Waals surface area (Å²) in [6.45, 7) is 0. The zero-order chi connectivity index (χ0) is 13.1. The van der Waals surface area contributed by atoms with Gasteiger partial charge >= 0.3 is 0 Å². The lowest BCUT2D eigenvalue weighted by Crippen LogP contribution is -2.15. The van der Waals surface area contributed by atoms with E-state index in [1.54, 1.807) is 19.2 Å². The molecule has 1 aromatic carbocycles. The third kappa shape index (κ3) is 2.10.